The third kappa shape index (κ3) is 17.5. The number of nitrogens with two attached hydrogens (primary N) is 1. The van der Waals surface area contributed by atoms with E-state index in [1.54, 1.807) is 67.8 Å². The summed E-state index contributed by atoms with van der Waals surface area (Å²) in [6.45, 7) is 1.67. The van der Waals surface area contributed by atoms with Gasteiger partial charge in [0.1, 0.15) is 54.4 Å². The van der Waals surface area contributed by atoms with Gasteiger partial charge in [0.2, 0.25) is 47.3 Å². The standard InChI is InChI=1S/C59H75N17O14/c1-2-68-90-59(89)47-15-9-19-76(47)58(88)40(14-7-8-17-60)69-51(81)41(20-32-25-64-38-12-5-3-10-36(32)38)71-55(85)45(24-49(79)80)73-53(83)43(22-34-27-61-30-66-34)72-56(86)46(29-77)75-52(82)42(21-33-26-65-39-13-6-4-11-37(33)39)70-54(84)44(23-35-28-62-31-67-35)74-57(87)50-48(78)16-18-63-50/h3-6,10-13,25-28,30-31,40-47,50,63-65,68,77H,2,7-9,14-24,29,60H2,1H3,(H,61,66)(H,62,67)(H,69,81)(H,70,84)(H,71,85)(H,72,86)(H,73,83)(H,74,87)(H,75,82)(H,79,80)/t40-,41-,42-,43-,44-,45-,46-,47-,50+/m0/s1. The fraction of sp³-hybridized carbons (Fsp3) is 0.441. The highest BCUT2D eigenvalue weighted by atomic mass is 16.7. The number of H-pyrrole nitrogens is 4. The zero-order valence-electron chi connectivity index (χ0n) is 49.3. The number of carbonyl (C=O) groups is 11. The van der Waals surface area contributed by atoms with E-state index in [-0.39, 0.29) is 69.6 Å². The third-order valence-electron chi connectivity index (χ3n) is 15.5. The first-order valence-electron chi connectivity index (χ1n) is 29.6. The second-order valence-corrected chi connectivity index (χ2v) is 21.9. The second kappa shape index (κ2) is 31.9. The predicted molar refractivity (Wildman–Crippen MR) is 320 cm³/mol. The number of aliphatic hydroxyl groups is 1. The Kier molecular flexibility index (Phi) is 23.4. The number of imidazole rings is 2. The van der Waals surface area contributed by atoms with Crippen molar-refractivity contribution >= 4 is 86.8 Å². The first-order valence-corrected chi connectivity index (χ1v) is 29.6. The molecule has 31 nitrogen and oxygen atoms in total. The van der Waals surface area contributed by atoms with Crippen LogP contribution < -0.4 is 53.7 Å². The molecule has 0 saturated carbocycles. The summed E-state index contributed by atoms with van der Waals surface area (Å²) in [6.07, 6.45) is 8.41. The maximum atomic E-state index is 14.7. The number of nitrogens with one attached hydrogen (secondary N) is 13. The van der Waals surface area contributed by atoms with Gasteiger partial charge in [-0.05, 0) is 68.8 Å². The highest BCUT2D eigenvalue weighted by molar-refractivity contribution is 6.08. The van der Waals surface area contributed by atoms with E-state index in [4.69, 9.17) is 10.6 Å². The van der Waals surface area contributed by atoms with Crippen molar-refractivity contribution in [2.45, 2.75) is 132 Å². The smallest absolute Gasteiger partial charge is 0.347 e. The molecule has 2 aliphatic rings. The molecule has 8 rings (SSSR count). The lowest BCUT2D eigenvalue weighted by atomic mass is 10.0. The van der Waals surface area contributed by atoms with Crippen LogP contribution in [0.25, 0.3) is 21.8 Å². The predicted octanol–water partition coefficient (Wildman–Crippen LogP) is -2.65. The summed E-state index contributed by atoms with van der Waals surface area (Å²) in [6, 6.07) is 0.887. The van der Waals surface area contributed by atoms with E-state index in [9.17, 15) is 63.0 Å². The molecule has 0 bridgehead atoms. The summed E-state index contributed by atoms with van der Waals surface area (Å²) in [4.78, 5) is 179. The number of para-hydroxylation sites is 2. The summed E-state index contributed by atoms with van der Waals surface area (Å²) in [5, 5.41) is 43.1. The minimum Gasteiger partial charge on any atom is -0.481 e. The van der Waals surface area contributed by atoms with Crippen molar-refractivity contribution in [3.05, 3.63) is 108 Å². The van der Waals surface area contributed by atoms with Crippen LogP contribution in [0.4, 0.5) is 0 Å². The number of aliphatic hydroxyl groups excluding tert-OH is 1. The van der Waals surface area contributed by atoms with Crippen molar-refractivity contribution in [1.82, 2.24) is 82.8 Å². The van der Waals surface area contributed by atoms with Gasteiger partial charge in [-0.25, -0.2) is 14.8 Å². The number of unbranched alkanes of at least 4 members (excludes halogenated alkanes) is 1. The molecule has 0 radical (unpaired) electrons. The van der Waals surface area contributed by atoms with Gasteiger partial charge in [0, 0.05) is 110 Å². The van der Waals surface area contributed by atoms with Gasteiger partial charge < -0.3 is 82.8 Å². The monoisotopic (exact) mass is 1250 g/mol. The number of aromatic nitrogens is 6. The van der Waals surface area contributed by atoms with Crippen molar-refractivity contribution in [3.8, 4) is 0 Å². The van der Waals surface area contributed by atoms with Crippen LogP contribution in [0.1, 0.15) is 74.4 Å². The number of aromatic amines is 4. The van der Waals surface area contributed by atoms with Crippen LogP contribution in [0.3, 0.4) is 0 Å². The van der Waals surface area contributed by atoms with Crippen molar-refractivity contribution in [2.24, 2.45) is 5.73 Å². The summed E-state index contributed by atoms with van der Waals surface area (Å²) in [5.74, 6) is -10.2. The summed E-state index contributed by atoms with van der Waals surface area (Å²) in [5.41, 5.74) is 11.4. The Bertz CT molecular complexity index is 3500. The van der Waals surface area contributed by atoms with Crippen LogP contribution in [0, 0.1) is 0 Å². The van der Waals surface area contributed by atoms with E-state index in [2.05, 4.69) is 77.9 Å². The number of hydrogen-bond donors (Lipinski definition) is 16. The van der Waals surface area contributed by atoms with Gasteiger partial charge in [-0.3, -0.25) is 53.3 Å². The molecule has 4 aromatic heterocycles. The number of carboxylic acids is 1. The van der Waals surface area contributed by atoms with Crippen molar-refractivity contribution < 1.29 is 67.8 Å². The topological polar surface area (TPSA) is 464 Å². The molecule has 0 aliphatic carbocycles. The first kappa shape index (κ1) is 66.1. The molecular weight excluding hydrogens is 1170 g/mol. The van der Waals surface area contributed by atoms with Crippen molar-refractivity contribution in [1.29, 1.82) is 0 Å². The Labute approximate surface area is 514 Å². The van der Waals surface area contributed by atoms with Crippen LogP contribution in [0.2, 0.25) is 0 Å². The number of amides is 8. The maximum absolute atomic E-state index is 14.7. The molecule has 17 N–H and O–H groups in total. The van der Waals surface area contributed by atoms with E-state index in [0.29, 0.717) is 70.9 Å². The quantitative estimate of drug-likeness (QED) is 0.0114. The number of rotatable bonds is 33. The molecule has 2 aromatic carbocycles. The number of nitrogens with zero attached hydrogens (tertiary/aromatic N) is 3. The zero-order valence-corrected chi connectivity index (χ0v) is 49.3. The van der Waals surface area contributed by atoms with Crippen molar-refractivity contribution in [3.63, 3.8) is 0 Å². The van der Waals surface area contributed by atoms with Crippen LogP contribution in [0.15, 0.2) is 86.0 Å². The van der Waals surface area contributed by atoms with Crippen molar-refractivity contribution in [2.75, 3.05) is 32.8 Å². The molecule has 2 fully saturated rings. The fourth-order valence-electron chi connectivity index (χ4n) is 10.9. The number of hydroxylamine groups is 1. The average Bonchev–Trinajstić information content (AvgIpc) is 1.81. The summed E-state index contributed by atoms with van der Waals surface area (Å²) >= 11 is 0. The molecule has 8 amide bonds. The second-order valence-electron chi connectivity index (χ2n) is 21.9. The maximum Gasteiger partial charge on any atom is 0.347 e. The molecule has 0 unspecified atom stereocenters. The van der Waals surface area contributed by atoms with E-state index in [1.807, 2.05) is 0 Å². The van der Waals surface area contributed by atoms with Gasteiger partial charge in [0.25, 0.3) is 0 Å². The Morgan fingerprint density at radius 3 is 1.66 bits per heavy atom. The molecule has 0 spiro atoms. The minimum atomic E-state index is -1.94. The van der Waals surface area contributed by atoms with Crippen LogP contribution >= 0.6 is 0 Å². The molecule has 90 heavy (non-hydrogen) atoms. The van der Waals surface area contributed by atoms with E-state index in [1.165, 1.54) is 29.9 Å². The number of hydrogen-bond acceptors (Lipinski definition) is 18. The van der Waals surface area contributed by atoms with Crippen LogP contribution in [0.5, 0.6) is 0 Å². The van der Waals surface area contributed by atoms with Gasteiger partial charge in [-0.1, -0.05) is 36.4 Å². The van der Waals surface area contributed by atoms with Crippen LogP contribution in [-0.4, -0.2) is 197 Å². The Morgan fingerprint density at radius 1 is 0.656 bits per heavy atom. The normalized spacial score (nSPS) is 17.1. The lowest BCUT2D eigenvalue weighted by Crippen LogP contribution is -2.61. The fourth-order valence-corrected chi connectivity index (χ4v) is 10.9. The number of carbonyl (C=O) groups excluding carboxylic acids is 10. The molecule has 6 aromatic rings. The number of likely N-dealkylation sites (tertiary alicyclic amines) is 1. The molecule has 480 valence electrons. The summed E-state index contributed by atoms with van der Waals surface area (Å²) < 4.78 is 0. The average molecular weight is 1250 g/mol. The van der Waals surface area contributed by atoms with Gasteiger partial charge in [0.15, 0.2) is 5.78 Å². The SMILES string of the molecule is CCNOC(=O)[C@@H]1CCCN1C(=O)[C@H](CCCCN)NC(=O)[C@H](Cc1c[nH]c2ccccc12)NC(=O)[C@H](CC(=O)O)NC(=O)[C@H](Cc1cnc[nH]1)NC(=O)[C@H](CO)NC(=O)[C@H](Cc1c[nH]c2ccccc12)NC(=O)[C@H](Cc1cnc[nH]1)NC(=O)[C@@H]1NCCC1=O. The number of Topliss-reactive ketones (excluding diaryl/α,β-unsaturated/α-hetero) is 1. The third-order valence-corrected chi connectivity index (χ3v) is 15.5. The minimum absolute atomic E-state index is 0.0864. The molecule has 31 heteroatoms. The molecule has 9 atom stereocenters. The zero-order chi connectivity index (χ0) is 64.3. The summed E-state index contributed by atoms with van der Waals surface area (Å²) in [7, 11) is 0. The Hall–Kier alpha value is -9.85. The van der Waals surface area contributed by atoms with Gasteiger partial charge in [-0.2, -0.15) is 5.48 Å². The molecule has 2 aliphatic heterocycles. The van der Waals surface area contributed by atoms with Gasteiger partial charge in [0.05, 0.1) is 25.7 Å². The van der Waals surface area contributed by atoms with Gasteiger partial charge >= 0.3 is 11.9 Å². The Balaban J connectivity index is 1.02. The molecule has 6 heterocycles. The van der Waals surface area contributed by atoms with E-state index >= 15 is 0 Å². The Morgan fingerprint density at radius 2 is 1.16 bits per heavy atom. The largest absolute Gasteiger partial charge is 0.481 e. The number of aliphatic carboxylic acids is 1. The highest BCUT2D eigenvalue weighted by Crippen LogP contribution is 2.24. The lowest BCUT2D eigenvalue weighted by molar-refractivity contribution is -0.160. The van der Waals surface area contributed by atoms with Crippen LogP contribution in [-0.2, 0) is 83.3 Å². The number of fused-ring (bicyclic) bond motifs is 2. The van der Waals surface area contributed by atoms with E-state index < -0.39 is 127 Å². The first-order chi connectivity index (χ1) is 43.4. The number of benzene rings is 2. The number of carboxylic acid groups (broad SMARTS) is 1. The molecular formula is C59H75N17O14. The van der Waals surface area contributed by atoms with Gasteiger partial charge in [-0.15, -0.1) is 0 Å². The lowest BCUT2D eigenvalue weighted by Gasteiger charge is -2.30. The molecule has 2 saturated heterocycles. The highest BCUT2D eigenvalue weighted by Gasteiger charge is 2.41. The van der Waals surface area contributed by atoms with E-state index in [0.717, 1.165) is 0 Å². The number of ketones is 1.